The number of piperazine rings is 1. The Bertz CT molecular complexity index is 835. The number of benzene rings is 2. The molecule has 148 valence electrons. The highest BCUT2D eigenvalue weighted by atomic mass is 16.6. The van der Waals surface area contributed by atoms with Crippen LogP contribution in [0.2, 0.25) is 0 Å². The van der Waals surface area contributed by atoms with Crippen molar-refractivity contribution in [2.45, 2.75) is 13.0 Å². The van der Waals surface area contributed by atoms with Crippen LogP contribution < -0.4 is 15.0 Å². The van der Waals surface area contributed by atoms with Crippen molar-refractivity contribution in [2.75, 3.05) is 43.5 Å². The summed E-state index contributed by atoms with van der Waals surface area (Å²) in [7, 11) is 1.44. The average molecular weight is 384 g/mol. The van der Waals surface area contributed by atoms with Gasteiger partial charge in [-0.2, -0.15) is 0 Å². The molecule has 1 saturated heterocycles. The number of methoxy groups -OCH3 is 1. The van der Waals surface area contributed by atoms with E-state index in [2.05, 4.69) is 27.2 Å². The molecule has 28 heavy (non-hydrogen) atoms. The third kappa shape index (κ3) is 4.40. The lowest BCUT2D eigenvalue weighted by atomic mass is 10.2. The minimum atomic E-state index is -0.526. The summed E-state index contributed by atoms with van der Waals surface area (Å²) in [6.45, 7) is 4.96. The van der Waals surface area contributed by atoms with Crippen molar-refractivity contribution in [3.8, 4) is 5.75 Å². The molecule has 0 aromatic heterocycles. The number of nitro benzene ring substituents is 1. The number of para-hydroxylation sites is 1. The Morgan fingerprint density at radius 2 is 1.82 bits per heavy atom. The molecule has 1 atom stereocenters. The van der Waals surface area contributed by atoms with Crippen molar-refractivity contribution in [1.82, 2.24) is 4.90 Å². The molecular weight excluding hydrogens is 360 g/mol. The zero-order valence-electron chi connectivity index (χ0n) is 16.0. The number of nitrogens with one attached hydrogen (secondary N) is 1. The second kappa shape index (κ2) is 8.71. The Kier molecular flexibility index (Phi) is 6.10. The first-order valence-electron chi connectivity index (χ1n) is 9.17. The first kappa shape index (κ1) is 19.6. The quantitative estimate of drug-likeness (QED) is 0.609. The molecule has 8 nitrogen and oxygen atoms in total. The van der Waals surface area contributed by atoms with Crippen LogP contribution in [0.1, 0.15) is 6.92 Å². The molecule has 1 fully saturated rings. The largest absolute Gasteiger partial charge is 0.496 e. The number of nitrogens with zero attached hydrogens (tertiary/aromatic N) is 3. The molecule has 8 heteroatoms. The average Bonchev–Trinajstić information content (AvgIpc) is 2.74. The van der Waals surface area contributed by atoms with Crippen LogP contribution in [0, 0.1) is 10.1 Å². The van der Waals surface area contributed by atoms with E-state index in [1.54, 1.807) is 6.07 Å². The molecule has 0 radical (unpaired) electrons. The van der Waals surface area contributed by atoms with Gasteiger partial charge in [0.05, 0.1) is 24.1 Å². The number of anilines is 2. The SMILES string of the molecule is COc1ccc(NC(=O)[C@H](C)N2CCN(c3ccccc3)CC2)c([N+](=O)[O-])c1. The van der Waals surface area contributed by atoms with Crippen molar-refractivity contribution in [1.29, 1.82) is 0 Å². The molecule has 1 aliphatic heterocycles. The predicted molar refractivity (Wildman–Crippen MR) is 108 cm³/mol. The van der Waals surface area contributed by atoms with Gasteiger partial charge < -0.3 is 15.0 Å². The molecule has 3 rings (SSSR count). The summed E-state index contributed by atoms with van der Waals surface area (Å²) in [5, 5.41) is 14.0. The molecule has 2 aromatic carbocycles. The van der Waals surface area contributed by atoms with E-state index in [1.807, 2.05) is 25.1 Å². The Hall–Kier alpha value is -3.13. The molecule has 0 unspecified atom stereocenters. The first-order chi connectivity index (χ1) is 13.5. The smallest absolute Gasteiger partial charge is 0.296 e. The number of ether oxygens (including phenoxy) is 1. The molecular formula is C20H24N4O4. The fraction of sp³-hybridized carbons (Fsp3) is 0.350. The molecule has 1 amide bonds. The Morgan fingerprint density at radius 1 is 1.14 bits per heavy atom. The fourth-order valence-electron chi connectivity index (χ4n) is 3.30. The number of hydrogen-bond donors (Lipinski definition) is 1. The van der Waals surface area contributed by atoms with Gasteiger partial charge in [0.15, 0.2) is 0 Å². The van der Waals surface area contributed by atoms with Crippen molar-refractivity contribution in [3.05, 3.63) is 58.6 Å². The van der Waals surface area contributed by atoms with Crippen molar-refractivity contribution < 1.29 is 14.5 Å². The highest BCUT2D eigenvalue weighted by Gasteiger charge is 2.27. The van der Waals surface area contributed by atoms with E-state index in [4.69, 9.17) is 4.74 Å². The number of hydrogen-bond acceptors (Lipinski definition) is 6. The third-order valence-corrected chi connectivity index (χ3v) is 5.02. The van der Waals surface area contributed by atoms with Crippen LogP contribution >= 0.6 is 0 Å². The molecule has 0 bridgehead atoms. The van der Waals surface area contributed by atoms with Crippen LogP contribution in [0.15, 0.2) is 48.5 Å². The van der Waals surface area contributed by atoms with Crippen LogP contribution in [0.5, 0.6) is 5.75 Å². The first-order valence-corrected chi connectivity index (χ1v) is 9.17. The van der Waals surface area contributed by atoms with E-state index in [9.17, 15) is 14.9 Å². The van der Waals surface area contributed by atoms with Gasteiger partial charge in [-0.1, -0.05) is 18.2 Å². The van der Waals surface area contributed by atoms with Gasteiger partial charge in [0.1, 0.15) is 11.4 Å². The van der Waals surface area contributed by atoms with E-state index >= 15 is 0 Å². The summed E-state index contributed by atoms with van der Waals surface area (Å²) in [6, 6.07) is 14.2. The van der Waals surface area contributed by atoms with Gasteiger partial charge in [0.25, 0.3) is 5.69 Å². The minimum Gasteiger partial charge on any atom is -0.496 e. The van der Waals surface area contributed by atoms with E-state index in [0.717, 1.165) is 26.2 Å². The third-order valence-electron chi connectivity index (χ3n) is 5.02. The standard InChI is InChI=1S/C20H24N4O4/c1-15(22-10-12-23(13-11-22)16-6-4-3-5-7-16)20(25)21-18-9-8-17(28-2)14-19(18)24(26)27/h3-9,14-15H,10-13H2,1-2H3,(H,21,25)/t15-/m0/s1. The van der Waals surface area contributed by atoms with E-state index in [0.29, 0.717) is 5.75 Å². The van der Waals surface area contributed by atoms with Crippen LogP contribution in [0.3, 0.4) is 0 Å². The molecule has 1 heterocycles. The van der Waals surface area contributed by atoms with Gasteiger partial charge in [-0.05, 0) is 31.2 Å². The molecule has 0 aliphatic carbocycles. The number of carbonyl (C=O) groups is 1. The monoisotopic (exact) mass is 384 g/mol. The maximum atomic E-state index is 12.7. The highest BCUT2D eigenvalue weighted by Crippen LogP contribution is 2.29. The Balaban J connectivity index is 1.62. The Morgan fingerprint density at radius 3 is 2.43 bits per heavy atom. The van der Waals surface area contributed by atoms with Gasteiger partial charge in [0, 0.05) is 31.9 Å². The van der Waals surface area contributed by atoms with Gasteiger partial charge in [0.2, 0.25) is 5.91 Å². The van der Waals surface area contributed by atoms with Gasteiger partial charge >= 0.3 is 0 Å². The molecule has 0 saturated carbocycles. The number of rotatable bonds is 6. The van der Waals surface area contributed by atoms with Crippen LogP contribution in [-0.2, 0) is 4.79 Å². The normalized spacial score (nSPS) is 15.7. The zero-order chi connectivity index (χ0) is 20.1. The number of nitro groups is 1. The van der Waals surface area contributed by atoms with Crippen LogP contribution in [-0.4, -0.2) is 55.1 Å². The van der Waals surface area contributed by atoms with Gasteiger partial charge in [-0.25, -0.2) is 0 Å². The number of amides is 1. The van der Waals surface area contributed by atoms with Crippen LogP contribution in [0.25, 0.3) is 0 Å². The van der Waals surface area contributed by atoms with Gasteiger partial charge in [-0.15, -0.1) is 0 Å². The molecule has 1 N–H and O–H groups in total. The molecule has 0 spiro atoms. The maximum absolute atomic E-state index is 12.7. The lowest BCUT2D eigenvalue weighted by Gasteiger charge is -2.38. The topological polar surface area (TPSA) is 88.0 Å². The summed E-state index contributed by atoms with van der Waals surface area (Å²) in [6.07, 6.45) is 0. The summed E-state index contributed by atoms with van der Waals surface area (Å²) in [5.41, 5.74) is 1.16. The highest BCUT2D eigenvalue weighted by molar-refractivity contribution is 5.96. The fourth-order valence-corrected chi connectivity index (χ4v) is 3.30. The summed E-state index contributed by atoms with van der Waals surface area (Å²) >= 11 is 0. The van der Waals surface area contributed by atoms with E-state index in [1.165, 1.54) is 24.9 Å². The minimum absolute atomic E-state index is 0.172. The maximum Gasteiger partial charge on any atom is 0.296 e. The predicted octanol–water partition coefficient (Wildman–Crippen LogP) is 2.75. The van der Waals surface area contributed by atoms with Gasteiger partial charge in [-0.3, -0.25) is 19.8 Å². The van der Waals surface area contributed by atoms with E-state index < -0.39 is 4.92 Å². The number of carbonyl (C=O) groups excluding carboxylic acids is 1. The summed E-state index contributed by atoms with van der Waals surface area (Å²) in [4.78, 5) is 27.8. The molecule has 1 aliphatic rings. The van der Waals surface area contributed by atoms with Crippen molar-refractivity contribution in [3.63, 3.8) is 0 Å². The summed E-state index contributed by atoms with van der Waals surface area (Å²) in [5.74, 6) is 0.108. The van der Waals surface area contributed by atoms with Crippen molar-refractivity contribution in [2.24, 2.45) is 0 Å². The second-order valence-electron chi connectivity index (χ2n) is 6.66. The molecule has 2 aromatic rings. The zero-order valence-corrected chi connectivity index (χ0v) is 16.0. The second-order valence-corrected chi connectivity index (χ2v) is 6.66. The summed E-state index contributed by atoms with van der Waals surface area (Å²) < 4.78 is 5.02. The van der Waals surface area contributed by atoms with Crippen molar-refractivity contribution >= 4 is 23.0 Å². The lowest BCUT2D eigenvalue weighted by Crippen LogP contribution is -2.52. The van der Waals surface area contributed by atoms with Crippen LogP contribution in [0.4, 0.5) is 17.1 Å². The lowest BCUT2D eigenvalue weighted by molar-refractivity contribution is -0.384. The Labute approximate surface area is 163 Å². The van der Waals surface area contributed by atoms with E-state index in [-0.39, 0.29) is 23.3 Å².